The zero-order chi connectivity index (χ0) is 18.4. The molecule has 2 N–H and O–H groups in total. The summed E-state index contributed by atoms with van der Waals surface area (Å²) in [6, 6.07) is 7.11. The monoisotopic (exact) mass is 368 g/mol. The third-order valence-corrected chi connectivity index (χ3v) is 4.80. The van der Waals surface area contributed by atoms with Crippen LogP contribution < -0.4 is 11.2 Å². The van der Waals surface area contributed by atoms with Crippen molar-refractivity contribution in [1.82, 2.24) is 29.7 Å². The molecular weight excluding hydrogens is 352 g/mol. The van der Waals surface area contributed by atoms with Crippen LogP contribution in [0.4, 0.5) is 0 Å². The van der Waals surface area contributed by atoms with Gasteiger partial charge in [0.1, 0.15) is 0 Å². The van der Waals surface area contributed by atoms with Crippen molar-refractivity contribution in [3.05, 3.63) is 55.9 Å². The average molecular weight is 368 g/mol. The zero-order valence-electron chi connectivity index (χ0n) is 14.4. The molecule has 4 rings (SSSR count). The molecule has 3 aromatic heterocycles. The molecule has 0 spiro atoms. The van der Waals surface area contributed by atoms with Gasteiger partial charge in [-0.2, -0.15) is 5.10 Å². The van der Waals surface area contributed by atoms with Crippen molar-refractivity contribution in [3.63, 3.8) is 0 Å². The zero-order valence-corrected chi connectivity index (χ0v) is 15.2. The summed E-state index contributed by atoms with van der Waals surface area (Å²) < 4.78 is 2.68. The van der Waals surface area contributed by atoms with Gasteiger partial charge in [-0.3, -0.25) is 9.78 Å². The van der Waals surface area contributed by atoms with Crippen molar-refractivity contribution in [1.29, 1.82) is 0 Å². The minimum atomic E-state index is -0.582. The minimum absolute atomic E-state index is 0.0955. The maximum atomic E-state index is 11.7. The highest BCUT2D eigenvalue weighted by Gasteiger charge is 2.17. The number of hydrogen-bond donors (Lipinski definition) is 2. The van der Waals surface area contributed by atoms with Crippen molar-refractivity contribution in [3.8, 4) is 17.2 Å². The molecule has 4 aromatic rings. The van der Waals surface area contributed by atoms with E-state index in [4.69, 9.17) is 0 Å². The number of nitrogens with zero attached hydrogens (tertiary/aromatic N) is 4. The van der Waals surface area contributed by atoms with Crippen LogP contribution in [-0.2, 0) is 0 Å². The minimum Gasteiger partial charge on any atom is -0.304 e. The molecule has 0 fully saturated rings. The molecule has 26 heavy (non-hydrogen) atoms. The summed E-state index contributed by atoms with van der Waals surface area (Å²) >= 11 is 1.60. The number of aromatic amines is 2. The van der Waals surface area contributed by atoms with Crippen LogP contribution in [0.1, 0.15) is 30.6 Å². The van der Waals surface area contributed by atoms with Gasteiger partial charge in [0.15, 0.2) is 11.6 Å². The van der Waals surface area contributed by atoms with Crippen LogP contribution >= 0.6 is 11.3 Å². The van der Waals surface area contributed by atoms with Gasteiger partial charge < -0.3 is 4.98 Å². The van der Waals surface area contributed by atoms with Gasteiger partial charge in [-0.1, -0.05) is 13.8 Å². The molecule has 0 unspecified atom stereocenters. The van der Waals surface area contributed by atoms with E-state index in [1.54, 1.807) is 16.0 Å². The van der Waals surface area contributed by atoms with Gasteiger partial charge in [-0.05, 0) is 25.1 Å². The molecule has 9 heteroatoms. The van der Waals surface area contributed by atoms with Crippen LogP contribution in [0.5, 0.6) is 0 Å². The second-order valence-electron chi connectivity index (χ2n) is 6.25. The first kappa shape index (κ1) is 16.4. The fourth-order valence-electron chi connectivity index (χ4n) is 2.68. The van der Waals surface area contributed by atoms with Crippen LogP contribution in [0.25, 0.3) is 27.4 Å². The summed E-state index contributed by atoms with van der Waals surface area (Å²) in [7, 11) is 0. The standard InChI is InChI=1S/C17H16N6O2S/c1-8(2)15-21-16(12-7-14(24)20-17(25)19-12)23(22-15)10-4-5-11-13(6-10)26-9(3)18-11/h4-8H,1-3H3,(H2,19,20,24,25). The maximum Gasteiger partial charge on any atom is 0.326 e. The second-order valence-corrected chi connectivity index (χ2v) is 7.48. The van der Waals surface area contributed by atoms with Crippen LogP contribution in [-0.4, -0.2) is 29.7 Å². The third-order valence-electron chi connectivity index (χ3n) is 3.86. The van der Waals surface area contributed by atoms with Crippen molar-refractivity contribution in [2.75, 3.05) is 0 Å². The molecule has 3 heterocycles. The van der Waals surface area contributed by atoms with Crippen LogP contribution in [0, 0.1) is 6.92 Å². The molecular formula is C17H16N6O2S. The Labute approximate surface area is 151 Å². The SMILES string of the molecule is Cc1nc2ccc(-n3nc(C(C)C)nc3-c3cc(=O)[nH]c(=O)[nH]3)cc2s1. The van der Waals surface area contributed by atoms with E-state index >= 15 is 0 Å². The van der Waals surface area contributed by atoms with E-state index in [1.807, 2.05) is 39.0 Å². The van der Waals surface area contributed by atoms with Crippen molar-refractivity contribution in [2.24, 2.45) is 0 Å². The Bertz CT molecular complexity index is 1200. The molecule has 0 saturated carbocycles. The molecule has 0 aliphatic carbocycles. The highest BCUT2D eigenvalue weighted by atomic mass is 32.1. The number of thiazole rings is 1. The van der Waals surface area contributed by atoms with Gasteiger partial charge in [0.25, 0.3) is 5.56 Å². The lowest BCUT2D eigenvalue weighted by molar-refractivity contribution is 0.754. The number of fused-ring (bicyclic) bond motifs is 1. The Kier molecular flexibility index (Phi) is 3.80. The van der Waals surface area contributed by atoms with Gasteiger partial charge >= 0.3 is 5.69 Å². The number of H-pyrrole nitrogens is 2. The second kappa shape index (κ2) is 6.03. The fourth-order valence-corrected chi connectivity index (χ4v) is 3.54. The molecule has 0 bridgehead atoms. The van der Waals surface area contributed by atoms with Gasteiger partial charge in [-0.15, -0.1) is 11.3 Å². The average Bonchev–Trinajstić information content (AvgIpc) is 3.15. The Morgan fingerprint density at radius 2 is 1.92 bits per heavy atom. The van der Waals surface area contributed by atoms with E-state index in [-0.39, 0.29) is 5.92 Å². The van der Waals surface area contributed by atoms with E-state index in [9.17, 15) is 9.59 Å². The summed E-state index contributed by atoms with van der Waals surface area (Å²) in [4.78, 5) is 37.2. The summed E-state index contributed by atoms with van der Waals surface area (Å²) in [5, 5.41) is 5.57. The normalized spacial score (nSPS) is 11.5. The number of hydrogen-bond acceptors (Lipinski definition) is 6. The Balaban J connectivity index is 1.96. The summed E-state index contributed by atoms with van der Waals surface area (Å²) in [6.45, 7) is 5.93. The summed E-state index contributed by atoms with van der Waals surface area (Å²) in [6.07, 6.45) is 0. The van der Waals surface area contributed by atoms with Crippen molar-refractivity contribution >= 4 is 21.6 Å². The summed E-state index contributed by atoms with van der Waals surface area (Å²) in [5.74, 6) is 1.14. The lowest BCUT2D eigenvalue weighted by Crippen LogP contribution is -2.22. The van der Waals surface area contributed by atoms with Gasteiger partial charge in [0.2, 0.25) is 0 Å². The molecule has 0 amide bonds. The Morgan fingerprint density at radius 3 is 2.65 bits per heavy atom. The summed E-state index contributed by atoms with van der Waals surface area (Å²) in [5.41, 5.74) is 0.960. The lowest BCUT2D eigenvalue weighted by Gasteiger charge is -2.05. The lowest BCUT2D eigenvalue weighted by atomic mass is 10.2. The fraction of sp³-hybridized carbons (Fsp3) is 0.235. The predicted octanol–water partition coefficient (Wildman–Crippen LogP) is 2.35. The molecule has 8 nitrogen and oxygen atoms in total. The van der Waals surface area contributed by atoms with Gasteiger partial charge in [-0.25, -0.2) is 19.4 Å². The van der Waals surface area contributed by atoms with Gasteiger partial charge in [0, 0.05) is 12.0 Å². The van der Waals surface area contributed by atoms with Gasteiger partial charge in [0.05, 0.1) is 26.6 Å². The molecule has 0 saturated heterocycles. The smallest absolute Gasteiger partial charge is 0.304 e. The first-order valence-corrected chi connectivity index (χ1v) is 8.91. The number of benzene rings is 1. The van der Waals surface area contributed by atoms with E-state index in [2.05, 4.69) is 25.0 Å². The third kappa shape index (κ3) is 2.86. The molecule has 0 atom stereocenters. The van der Waals surface area contributed by atoms with Crippen LogP contribution in [0.2, 0.25) is 0 Å². The molecule has 132 valence electrons. The number of aromatic nitrogens is 6. The molecule has 0 aliphatic heterocycles. The van der Waals surface area contributed by atoms with Crippen LogP contribution in [0.3, 0.4) is 0 Å². The quantitative estimate of drug-likeness (QED) is 0.577. The van der Waals surface area contributed by atoms with E-state index < -0.39 is 11.2 Å². The van der Waals surface area contributed by atoms with E-state index in [0.29, 0.717) is 17.3 Å². The maximum absolute atomic E-state index is 11.7. The molecule has 0 aliphatic rings. The molecule has 1 aromatic carbocycles. The largest absolute Gasteiger partial charge is 0.326 e. The van der Waals surface area contributed by atoms with E-state index in [0.717, 1.165) is 20.9 Å². The highest BCUT2D eigenvalue weighted by Crippen LogP contribution is 2.27. The number of aryl methyl sites for hydroxylation is 1. The predicted molar refractivity (Wildman–Crippen MR) is 100 cm³/mol. The number of nitrogens with one attached hydrogen (secondary N) is 2. The van der Waals surface area contributed by atoms with Crippen molar-refractivity contribution < 1.29 is 0 Å². The number of rotatable bonds is 3. The Hall–Kier alpha value is -3.07. The topological polar surface area (TPSA) is 109 Å². The van der Waals surface area contributed by atoms with Crippen molar-refractivity contribution in [2.45, 2.75) is 26.7 Å². The van der Waals surface area contributed by atoms with E-state index in [1.165, 1.54) is 6.07 Å². The Morgan fingerprint density at radius 1 is 1.12 bits per heavy atom. The van der Waals surface area contributed by atoms with Crippen LogP contribution in [0.15, 0.2) is 33.9 Å². The first-order valence-electron chi connectivity index (χ1n) is 8.09. The highest BCUT2D eigenvalue weighted by molar-refractivity contribution is 7.18. The molecule has 0 radical (unpaired) electrons. The first-order chi connectivity index (χ1) is 12.4.